The molecule has 0 bridgehead atoms. The Hall–Kier alpha value is -0.0800. The average molecular weight is 211 g/mol. The molecule has 2 aliphatic rings. The molecule has 0 atom stereocenters. The van der Waals surface area contributed by atoms with Gasteiger partial charge in [0.05, 0.1) is 5.60 Å². The molecular weight excluding hydrogens is 186 g/mol. The van der Waals surface area contributed by atoms with Crippen LogP contribution in [0.3, 0.4) is 0 Å². The number of nitrogens with one attached hydrogen (secondary N) is 1. The molecule has 1 saturated carbocycles. The molecule has 2 nitrogen and oxygen atoms in total. The molecule has 1 spiro atoms. The predicted molar refractivity (Wildman–Crippen MR) is 62.8 cm³/mol. The maximum atomic E-state index is 6.49. The summed E-state index contributed by atoms with van der Waals surface area (Å²) < 4.78 is 6.49. The Kier molecular flexibility index (Phi) is 3.36. The van der Waals surface area contributed by atoms with Crippen molar-refractivity contribution >= 4 is 0 Å². The highest BCUT2D eigenvalue weighted by Crippen LogP contribution is 2.39. The summed E-state index contributed by atoms with van der Waals surface area (Å²) in [5, 5.41) is 3.64. The van der Waals surface area contributed by atoms with Crippen molar-refractivity contribution in [3.63, 3.8) is 0 Å². The van der Waals surface area contributed by atoms with Crippen molar-refractivity contribution < 1.29 is 4.74 Å². The Morgan fingerprint density at radius 2 is 1.67 bits per heavy atom. The van der Waals surface area contributed by atoms with Gasteiger partial charge in [-0.05, 0) is 44.9 Å². The van der Waals surface area contributed by atoms with E-state index in [1.165, 1.54) is 38.5 Å². The Balaban J connectivity index is 2.07. The van der Waals surface area contributed by atoms with Crippen LogP contribution in [-0.2, 0) is 4.74 Å². The average Bonchev–Trinajstić information content (AvgIpc) is 2.30. The number of rotatable bonds is 2. The minimum Gasteiger partial charge on any atom is -0.354 e. The lowest BCUT2D eigenvalue weighted by molar-refractivity contribution is -0.216. The molecule has 0 aromatic rings. The molecule has 1 heterocycles. The van der Waals surface area contributed by atoms with Gasteiger partial charge in [0.25, 0.3) is 0 Å². The highest BCUT2D eigenvalue weighted by atomic mass is 16.5. The van der Waals surface area contributed by atoms with Crippen molar-refractivity contribution in [1.29, 1.82) is 0 Å². The first kappa shape index (κ1) is 11.4. The second-order valence-corrected chi connectivity index (χ2v) is 5.22. The fourth-order valence-corrected chi connectivity index (χ4v) is 3.17. The first-order chi connectivity index (χ1) is 7.24. The van der Waals surface area contributed by atoms with Crippen LogP contribution in [-0.4, -0.2) is 17.9 Å². The topological polar surface area (TPSA) is 21.3 Å². The predicted octanol–water partition coefficient (Wildman–Crippen LogP) is 3.22. The quantitative estimate of drug-likeness (QED) is 0.757. The largest absolute Gasteiger partial charge is 0.354 e. The zero-order valence-electron chi connectivity index (χ0n) is 10.3. The molecule has 0 radical (unpaired) electrons. The molecule has 0 aromatic carbocycles. The van der Waals surface area contributed by atoms with E-state index in [1.54, 1.807) is 0 Å². The Bertz CT molecular complexity index is 199. The van der Waals surface area contributed by atoms with E-state index < -0.39 is 0 Å². The zero-order chi connectivity index (χ0) is 10.8. The van der Waals surface area contributed by atoms with Crippen LogP contribution in [0.2, 0.25) is 0 Å². The molecule has 2 rings (SSSR count). The van der Waals surface area contributed by atoms with Crippen LogP contribution >= 0.6 is 0 Å². The highest BCUT2D eigenvalue weighted by Gasteiger charge is 2.43. The van der Waals surface area contributed by atoms with Gasteiger partial charge < -0.3 is 4.74 Å². The van der Waals surface area contributed by atoms with E-state index in [2.05, 4.69) is 19.2 Å². The van der Waals surface area contributed by atoms with Gasteiger partial charge in [0, 0.05) is 6.54 Å². The van der Waals surface area contributed by atoms with Crippen LogP contribution < -0.4 is 5.32 Å². The fourth-order valence-electron chi connectivity index (χ4n) is 3.17. The molecule has 2 fully saturated rings. The van der Waals surface area contributed by atoms with Crippen LogP contribution in [0.25, 0.3) is 0 Å². The lowest BCUT2D eigenvalue weighted by Gasteiger charge is -2.50. The molecule has 0 unspecified atom stereocenters. The number of hydrogen-bond donors (Lipinski definition) is 1. The van der Waals surface area contributed by atoms with Gasteiger partial charge in [-0.15, -0.1) is 0 Å². The van der Waals surface area contributed by atoms with Gasteiger partial charge >= 0.3 is 0 Å². The Labute approximate surface area is 93.8 Å². The molecule has 1 N–H and O–H groups in total. The standard InChI is InChI=1S/C13H25NO/c1-3-12(4-2)10-11-14-13(15-12)8-6-5-7-9-13/h14H,3-11H2,1-2H3. The normalized spacial score (nSPS) is 29.2. The van der Waals surface area contributed by atoms with E-state index in [1.807, 2.05) is 0 Å². The monoisotopic (exact) mass is 211 g/mol. The van der Waals surface area contributed by atoms with Crippen molar-refractivity contribution in [3.05, 3.63) is 0 Å². The molecule has 1 aliphatic heterocycles. The third-order valence-electron chi connectivity index (χ3n) is 4.39. The van der Waals surface area contributed by atoms with E-state index in [4.69, 9.17) is 4.74 Å². The van der Waals surface area contributed by atoms with Crippen LogP contribution in [0.4, 0.5) is 0 Å². The lowest BCUT2D eigenvalue weighted by Crippen LogP contribution is -2.60. The van der Waals surface area contributed by atoms with Crippen LogP contribution in [0.15, 0.2) is 0 Å². The molecule has 1 aliphatic carbocycles. The minimum absolute atomic E-state index is 0.0442. The van der Waals surface area contributed by atoms with E-state index in [0.29, 0.717) is 0 Å². The summed E-state index contributed by atoms with van der Waals surface area (Å²) in [5.74, 6) is 0. The van der Waals surface area contributed by atoms with Crippen LogP contribution in [0, 0.1) is 0 Å². The molecule has 1 saturated heterocycles. The Morgan fingerprint density at radius 1 is 1.00 bits per heavy atom. The Morgan fingerprint density at radius 3 is 2.27 bits per heavy atom. The van der Waals surface area contributed by atoms with Crippen molar-refractivity contribution in [2.45, 2.75) is 76.5 Å². The van der Waals surface area contributed by atoms with Crippen molar-refractivity contribution in [1.82, 2.24) is 5.32 Å². The van der Waals surface area contributed by atoms with E-state index in [9.17, 15) is 0 Å². The molecule has 88 valence electrons. The summed E-state index contributed by atoms with van der Waals surface area (Å²) in [6, 6.07) is 0. The SMILES string of the molecule is CCC1(CC)CCNC2(CCCCC2)O1. The van der Waals surface area contributed by atoms with Gasteiger partial charge in [0.1, 0.15) is 5.72 Å². The summed E-state index contributed by atoms with van der Waals surface area (Å²) in [4.78, 5) is 0. The first-order valence-corrected chi connectivity index (χ1v) is 6.69. The van der Waals surface area contributed by atoms with Crippen LogP contribution in [0.1, 0.15) is 65.2 Å². The first-order valence-electron chi connectivity index (χ1n) is 6.69. The van der Waals surface area contributed by atoms with E-state index in [0.717, 1.165) is 19.4 Å². The highest BCUT2D eigenvalue weighted by molar-refractivity contribution is 4.93. The third kappa shape index (κ3) is 2.21. The van der Waals surface area contributed by atoms with Gasteiger partial charge in [-0.1, -0.05) is 20.3 Å². The van der Waals surface area contributed by atoms with Crippen molar-refractivity contribution in [3.8, 4) is 0 Å². The molecular formula is C13H25NO. The van der Waals surface area contributed by atoms with Gasteiger partial charge in [-0.3, -0.25) is 5.32 Å². The van der Waals surface area contributed by atoms with Gasteiger partial charge in [-0.2, -0.15) is 0 Å². The molecule has 0 amide bonds. The van der Waals surface area contributed by atoms with E-state index >= 15 is 0 Å². The smallest absolute Gasteiger partial charge is 0.119 e. The zero-order valence-corrected chi connectivity index (χ0v) is 10.3. The lowest BCUT2D eigenvalue weighted by atomic mass is 9.85. The van der Waals surface area contributed by atoms with Crippen LogP contribution in [0.5, 0.6) is 0 Å². The maximum absolute atomic E-state index is 6.49. The second kappa shape index (κ2) is 4.42. The molecule has 15 heavy (non-hydrogen) atoms. The van der Waals surface area contributed by atoms with Gasteiger partial charge in [-0.25, -0.2) is 0 Å². The van der Waals surface area contributed by atoms with Gasteiger partial charge in [0.2, 0.25) is 0 Å². The molecule has 0 aromatic heterocycles. The van der Waals surface area contributed by atoms with Crippen molar-refractivity contribution in [2.24, 2.45) is 0 Å². The minimum atomic E-state index is 0.0442. The fraction of sp³-hybridized carbons (Fsp3) is 1.00. The van der Waals surface area contributed by atoms with Gasteiger partial charge in [0.15, 0.2) is 0 Å². The van der Waals surface area contributed by atoms with E-state index in [-0.39, 0.29) is 11.3 Å². The van der Waals surface area contributed by atoms with Crippen molar-refractivity contribution in [2.75, 3.05) is 6.54 Å². The number of hydrogen-bond acceptors (Lipinski definition) is 2. The summed E-state index contributed by atoms with van der Waals surface area (Å²) in [7, 11) is 0. The summed E-state index contributed by atoms with van der Waals surface area (Å²) >= 11 is 0. The summed E-state index contributed by atoms with van der Waals surface area (Å²) in [5.41, 5.74) is 0.213. The third-order valence-corrected chi connectivity index (χ3v) is 4.39. The molecule has 2 heteroatoms. The summed E-state index contributed by atoms with van der Waals surface area (Å²) in [6.07, 6.45) is 9.98. The maximum Gasteiger partial charge on any atom is 0.119 e. The summed E-state index contributed by atoms with van der Waals surface area (Å²) in [6.45, 7) is 5.68. The number of ether oxygens (including phenoxy) is 1. The second-order valence-electron chi connectivity index (χ2n) is 5.22.